The minimum absolute atomic E-state index is 0. The molecular formula is C33H27N2NaO4. The third-order valence-corrected chi connectivity index (χ3v) is 6.96. The fourth-order valence-corrected chi connectivity index (χ4v) is 5.19. The van der Waals surface area contributed by atoms with E-state index in [0.29, 0.717) is 37.2 Å². The minimum atomic E-state index is -0.776. The minimum Gasteiger partial charge on any atom is -0.496 e. The van der Waals surface area contributed by atoms with Crippen LogP contribution >= 0.6 is 0 Å². The zero-order valence-electron chi connectivity index (χ0n) is 22.5. The number of nitriles is 2. The number of aliphatic carboxylic acids is 1. The molecule has 5 rings (SSSR count). The summed E-state index contributed by atoms with van der Waals surface area (Å²) >= 11 is 0. The normalized spacial score (nSPS) is 10.8. The van der Waals surface area contributed by atoms with Crippen LogP contribution in [-0.2, 0) is 4.79 Å². The van der Waals surface area contributed by atoms with Crippen LogP contribution in [0.4, 0.5) is 0 Å². The molecule has 0 saturated carbocycles. The van der Waals surface area contributed by atoms with Crippen molar-refractivity contribution in [3.63, 3.8) is 0 Å². The van der Waals surface area contributed by atoms with Gasteiger partial charge in [0.1, 0.15) is 23.6 Å². The molecule has 0 radical (unpaired) electrons. The van der Waals surface area contributed by atoms with E-state index in [-0.39, 0.29) is 36.0 Å². The van der Waals surface area contributed by atoms with Crippen LogP contribution in [0, 0.1) is 29.6 Å². The second kappa shape index (κ2) is 13.0. The first-order valence-corrected chi connectivity index (χ1v) is 13.0. The van der Waals surface area contributed by atoms with Gasteiger partial charge in [0.05, 0.1) is 24.3 Å². The van der Waals surface area contributed by atoms with Crippen LogP contribution in [0.25, 0.3) is 43.1 Å². The van der Waals surface area contributed by atoms with Crippen molar-refractivity contribution in [2.75, 3.05) is 13.2 Å². The van der Waals surface area contributed by atoms with Crippen molar-refractivity contribution in [2.45, 2.75) is 32.1 Å². The van der Waals surface area contributed by atoms with E-state index >= 15 is 0 Å². The average molecular weight is 539 g/mol. The summed E-state index contributed by atoms with van der Waals surface area (Å²) in [4.78, 5) is 10.7. The number of carboxylic acid groups (broad SMARTS) is 1. The Balaban J connectivity index is 0.00000370. The van der Waals surface area contributed by atoms with Crippen LogP contribution in [0.5, 0.6) is 11.5 Å². The molecule has 0 amide bonds. The Morgan fingerprint density at radius 2 is 1.23 bits per heavy atom. The molecule has 194 valence electrons. The predicted molar refractivity (Wildman–Crippen MR) is 153 cm³/mol. The van der Waals surface area contributed by atoms with Gasteiger partial charge in [-0.1, -0.05) is 36.4 Å². The molecule has 0 heterocycles. The van der Waals surface area contributed by atoms with Crippen LogP contribution < -0.4 is 39.0 Å². The van der Waals surface area contributed by atoms with E-state index in [2.05, 4.69) is 19.1 Å². The van der Waals surface area contributed by atoms with Gasteiger partial charge in [-0.2, -0.15) is 10.5 Å². The maximum Gasteiger partial charge on any atom is 1.00 e. The number of hydrogen-bond acceptors (Lipinski definition) is 5. The summed E-state index contributed by atoms with van der Waals surface area (Å²) < 4.78 is 11.8. The van der Waals surface area contributed by atoms with Gasteiger partial charge in [0, 0.05) is 17.2 Å². The number of rotatable bonds is 10. The summed E-state index contributed by atoms with van der Waals surface area (Å²) in [6.07, 6.45) is 3.06. The fraction of sp³-hybridized carbons (Fsp3) is 0.212. The fourth-order valence-electron chi connectivity index (χ4n) is 5.19. The molecular weight excluding hydrogens is 511 g/mol. The van der Waals surface area contributed by atoms with Gasteiger partial charge >= 0.3 is 35.5 Å². The van der Waals surface area contributed by atoms with Crippen molar-refractivity contribution >= 4 is 49.1 Å². The molecule has 5 aromatic rings. The maximum absolute atomic E-state index is 10.7. The Bertz CT molecular complexity index is 1820. The molecule has 7 heteroatoms. The first-order valence-electron chi connectivity index (χ1n) is 13.0. The Morgan fingerprint density at radius 3 is 1.70 bits per heavy atom. The van der Waals surface area contributed by atoms with Gasteiger partial charge in [-0.15, -0.1) is 6.42 Å². The molecule has 5 aromatic carbocycles. The first-order chi connectivity index (χ1) is 19.0. The number of nitrogens with zero attached hydrogens (tertiary/aromatic N) is 2. The topological polar surface area (TPSA) is 103 Å². The average Bonchev–Trinajstić information content (AvgIpc) is 2.95. The number of carbonyl (C=O) groups is 1. The number of hydrogen-bond donors (Lipinski definition) is 1. The molecule has 0 aliphatic carbocycles. The number of carboxylic acids is 1. The first kappa shape index (κ1) is 29.2. The monoisotopic (exact) mass is 538 g/mol. The quantitative estimate of drug-likeness (QED) is 0.120. The van der Waals surface area contributed by atoms with Gasteiger partial charge in [0.15, 0.2) is 0 Å². The van der Waals surface area contributed by atoms with E-state index in [1.54, 1.807) is 0 Å². The van der Waals surface area contributed by atoms with Crippen LogP contribution in [0.1, 0.15) is 43.2 Å². The molecule has 1 N–H and O–H groups in total. The number of benzene rings is 5. The second-order valence-corrected chi connectivity index (χ2v) is 9.47. The van der Waals surface area contributed by atoms with Crippen molar-refractivity contribution in [3.05, 3.63) is 78.7 Å². The summed E-state index contributed by atoms with van der Waals surface area (Å²) in [5.41, 5.74) is 0.750. The number of fused-ring (bicyclic) bond motifs is 7. The van der Waals surface area contributed by atoms with Gasteiger partial charge < -0.3 is 21.5 Å². The Morgan fingerprint density at radius 1 is 0.725 bits per heavy atom. The smallest absolute Gasteiger partial charge is 0.496 e. The van der Waals surface area contributed by atoms with Crippen LogP contribution in [0.2, 0.25) is 0 Å². The van der Waals surface area contributed by atoms with Gasteiger partial charge in [-0.3, -0.25) is 4.79 Å². The SMILES string of the molecule is [CH2-]CCOc1ccc2c(ccc3c(C#N)c(C#N)c4ccc5cc(OCCCCCC(=O)O)ccc5c4c32)c1.[Na+]. The molecule has 0 aliphatic rings. The van der Waals surface area contributed by atoms with Crippen LogP contribution in [0.15, 0.2) is 60.7 Å². The summed E-state index contributed by atoms with van der Waals surface area (Å²) in [5.74, 6) is 0.719. The van der Waals surface area contributed by atoms with Crippen molar-refractivity contribution in [2.24, 2.45) is 0 Å². The number of ether oxygens (including phenoxy) is 2. The molecule has 40 heavy (non-hydrogen) atoms. The molecule has 0 unspecified atom stereocenters. The molecule has 6 nitrogen and oxygen atoms in total. The maximum atomic E-state index is 10.7. The zero-order valence-corrected chi connectivity index (χ0v) is 24.5. The summed E-state index contributed by atoms with van der Waals surface area (Å²) in [6.45, 7) is 4.87. The van der Waals surface area contributed by atoms with Crippen molar-refractivity contribution in [1.29, 1.82) is 10.5 Å². The van der Waals surface area contributed by atoms with Crippen molar-refractivity contribution in [1.82, 2.24) is 0 Å². The zero-order chi connectivity index (χ0) is 27.4. The van der Waals surface area contributed by atoms with Crippen molar-refractivity contribution in [3.8, 4) is 23.6 Å². The van der Waals surface area contributed by atoms with E-state index in [9.17, 15) is 15.3 Å². The van der Waals surface area contributed by atoms with E-state index in [1.807, 2.05) is 60.7 Å². The third-order valence-electron chi connectivity index (χ3n) is 6.96. The molecule has 0 atom stereocenters. The van der Waals surface area contributed by atoms with E-state index < -0.39 is 5.97 Å². The van der Waals surface area contributed by atoms with E-state index in [1.165, 1.54) is 0 Å². The molecule has 0 fully saturated rings. The van der Waals surface area contributed by atoms with Gasteiger partial charge in [-0.05, 0) is 75.8 Å². The predicted octanol–water partition coefficient (Wildman–Crippen LogP) is 4.67. The Labute approximate surface area is 255 Å². The van der Waals surface area contributed by atoms with Crippen molar-refractivity contribution < 1.29 is 48.9 Å². The largest absolute Gasteiger partial charge is 1.00 e. The standard InChI is InChI=1S/C33H27N2O4.Na/c1-2-15-38-23-9-13-25-21(17-23)7-11-27-29(19-34)30(20-35)28-12-8-22-18-24(10-14-26(22)33(28)32(25)27)39-16-5-3-4-6-31(36)37;/h7-14,17-18H,1-6,15-16H2,(H,36,37);/q-1;+1. The second-order valence-electron chi connectivity index (χ2n) is 9.47. The third kappa shape index (κ3) is 5.71. The van der Waals surface area contributed by atoms with Gasteiger partial charge in [0.2, 0.25) is 0 Å². The Kier molecular flexibility index (Phi) is 9.50. The summed E-state index contributed by atoms with van der Waals surface area (Å²) in [5, 5.41) is 36.2. The molecule has 0 bridgehead atoms. The van der Waals surface area contributed by atoms with E-state index in [0.717, 1.165) is 67.4 Å². The summed E-state index contributed by atoms with van der Waals surface area (Å²) in [7, 11) is 0. The van der Waals surface area contributed by atoms with Gasteiger partial charge in [0.25, 0.3) is 0 Å². The molecule has 0 aromatic heterocycles. The van der Waals surface area contributed by atoms with E-state index in [4.69, 9.17) is 14.6 Å². The molecule has 0 aliphatic heterocycles. The Hall–Kier alpha value is -3.81. The molecule has 0 saturated heterocycles. The van der Waals surface area contributed by atoms with Crippen LogP contribution in [0.3, 0.4) is 0 Å². The summed E-state index contributed by atoms with van der Waals surface area (Å²) in [6, 6.07) is 24.2. The number of unbranched alkanes of at least 4 members (excludes halogenated alkanes) is 2. The molecule has 0 spiro atoms. The van der Waals surface area contributed by atoms with Gasteiger partial charge in [-0.25, -0.2) is 0 Å². The van der Waals surface area contributed by atoms with Crippen LogP contribution in [-0.4, -0.2) is 24.3 Å².